The molecule has 0 saturated heterocycles. The van der Waals surface area contributed by atoms with Gasteiger partial charge >= 0.3 is 0 Å². The molecular weight excluding hydrogens is 270 g/mol. The summed E-state index contributed by atoms with van der Waals surface area (Å²) in [4.78, 5) is 6.98. The first kappa shape index (κ1) is 11.7. The molecule has 1 heterocycles. The van der Waals surface area contributed by atoms with E-state index in [9.17, 15) is 8.42 Å². The van der Waals surface area contributed by atoms with Crippen molar-refractivity contribution in [3.8, 4) is 0 Å². The maximum atomic E-state index is 11.0. The van der Waals surface area contributed by atoms with Crippen LogP contribution in [0.4, 0.5) is 0 Å². The highest BCUT2D eigenvalue weighted by Crippen LogP contribution is 1.95. The minimum Gasteiger partial charge on any atom is -0.349 e. The second kappa shape index (κ2) is 5.47. The van der Waals surface area contributed by atoms with Crippen LogP contribution in [-0.4, -0.2) is 29.6 Å². The van der Waals surface area contributed by atoms with Gasteiger partial charge in [0, 0.05) is 25.4 Å². The Bertz CT molecular complexity index is 349. The molecule has 0 atom stereocenters. The highest BCUT2D eigenvalue weighted by Gasteiger charge is 2.05. The van der Waals surface area contributed by atoms with Gasteiger partial charge in [0.05, 0.1) is 0 Å². The summed E-state index contributed by atoms with van der Waals surface area (Å²) >= 11 is 2.89. The molecule has 0 unspecified atom stereocenters. The first-order chi connectivity index (χ1) is 6.64. The molecule has 1 aromatic rings. The van der Waals surface area contributed by atoms with Crippen LogP contribution in [0, 0.1) is 0 Å². The smallest absolute Gasteiger partial charge is 0.221 e. The van der Waals surface area contributed by atoms with Crippen LogP contribution in [0.3, 0.4) is 0 Å². The Kier molecular flexibility index (Phi) is 4.56. The molecule has 0 saturated carbocycles. The maximum Gasteiger partial charge on any atom is 0.221 e. The summed E-state index contributed by atoms with van der Waals surface area (Å²) in [6.07, 6.45) is 4.91. The molecule has 0 radical (unpaired) electrons. The van der Waals surface area contributed by atoms with Gasteiger partial charge in [-0.2, -0.15) is 0 Å². The largest absolute Gasteiger partial charge is 0.349 e. The lowest BCUT2D eigenvalue weighted by Gasteiger charge is -2.01. The Morgan fingerprint density at radius 3 is 2.93 bits per heavy atom. The fourth-order valence-electron chi connectivity index (χ4n) is 0.957. The molecule has 0 fully saturated rings. The van der Waals surface area contributed by atoms with Gasteiger partial charge in [-0.15, -0.1) is 0 Å². The van der Waals surface area contributed by atoms with Gasteiger partial charge in [0.2, 0.25) is 10.0 Å². The van der Waals surface area contributed by atoms with Gasteiger partial charge in [0.25, 0.3) is 0 Å². The van der Waals surface area contributed by atoms with Crippen LogP contribution in [0.5, 0.6) is 0 Å². The average molecular weight is 282 g/mol. The molecule has 7 heteroatoms. The summed E-state index contributed by atoms with van der Waals surface area (Å²) in [6, 6.07) is 0. The van der Waals surface area contributed by atoms with Crippen molar-refractivity contribution in [2.45, 2.75) is 12.8 Å². The SMILES string of the molecule is O=S(=O)(CBr)NCCCc1ncc[nH]1. The van der Waals surface area contributed by atoms with E-state index in [4.69, 9.17) is 0 Å². The molecular formula is C7H12BrN3O2S. The Morgan fingerprint density at radius 2 is 2.36 bits per heavy atom. The molecule has 0 aliphatic heterocycles. The Hall–Kier alpha value is -0.400. The summed E-state index contributed by atoms with van der Waals surface area (Å²) in [7, 11) is -3.12. The molecule has 0 aromatic carbocycles. The number of halogens is 1. The summed E-state index contributed by atoms with van der Waals surface area (Å²) < 4.78 is 24.4. The molecule has 2 N–H and O–H groups in total. The number of alkyl halides is 1. The van der Waals surface area contributed by atoms with Crippen molar-refractivity contribution in [1.29, 1.82) is 0 Å². The van der Waals surface area contributed by atoms with Crippen LogP contribution >= 0.6 is 15.9 Å². The van der Waals surface area contributed by atoms with Crippen LogP contribution in [0.2, 0.25) is 0 Å². The number of sulfonamides is 1. The molecule has 5 nitrogen and oxygen atoms in total. The summed E-state index contributed by atoms with van der Waals surface area (Å²) in [5.41, 5.74) is 0. The van der Waals surface area contributed by atoms with E-state index < -0.39 is 10.0 Å². The van der Waals surface area contributed by atoms with E-state index in [2.05, 4.69) is 30.6 Å². The fraction of sp³-hybridized carbons (Fsp3) is 0.571. The molecule has 80 valence electrons. The van der Waals surface area contributed by atoms with E-state index in [0.29, 0.717) is 6.54 Å². The highest BCUT2D eigenvalue weighted by molar-refractivity contribution is 9.10. The zero-order chi connectivity index (χ0) is 10.4. The maximum absolute atomic E-state index is 11.0. The standard InChI is InChI=1S/C7H12BrN3O2S/c8-6-14(12,13)11-3-1-2-7-9-4-5-10-7/h4-5,11H,1-3,6H2,(H,9,10). The number of rotatable bonds is 6. The van der Waals surface area contributed by atoms with Gasteiger partial charge in [0.15, 0.2) is 0 Å². The highest BCUT2D eigenvalue weighted by atomic mass is 79.9. The lowest BCUT2D eigenvalue weighted by Crippen LogP contribution is -2.25. The van der Waals surface area contributed by atoms with Crippen molar-refractivity contribution in [3.63, 3.8) is 0 Å². The fourth-order valence-corrected chi connectivity index (χ4v) is 1.97. The number of nitrogens with one attached hydrogen (secondary N) is 2. The van der Waals surface area contributed by atoms with E-state index in [1.807, 2.05) is 0 Å². The van der Waals surface area contributed by atoms with Gasteiger partial charge < -0.3 is 4.98 Å². The quantitative estimate of drug-likeness (QED) is 0.593. The van der Waals surface area contributed by atoms with Crippen LogP contribution in [-0.2, 0) is 16.4 Å². The topological polar surface area (TPSA) is 74.8 Å². The van der Waals surface area contributed by atoms with E-state index in [1.165, 1.54) is 0 Å². The molecule has 14 heavy (non-hydrogen) atoms. The van der Waals surface area contributed by atoms with Crippen LogP contribution in [0.15, 0.2) is 12.4 Å². The zero-order valence-electron chi connectivity index (χ0n) is 7.53. The number of aromatic amines is 1. The van der Waals surface area contributed by atoms with Crippen molar-refractivity contribution in [1.82, 2.24) is 14.7 Å². The average Bonchev–Trinajstić information content (AvgIpc) is 2.65. The molecule has 0 spiro atoms. The molecule has 0 bridgehead atoms. The van der Waals surface area contributed by atoms with Crippen molar-refractivity contribution in [2.24, 2.45) is 0 Å². The van der Waals surface area contributed by atoms with Gasteiger partial charge in [-0.25, -0.2) is 18.1 Å². The van der Waals surface area contributed by atoms with E-state index >= 15 is 0 Å². The van der Waals surface area contributed by atoms with Crippen LogP contribution in [0.1, 0.15) is 12.2 Å². The third-order valence-corrected chi connectivity index (χ3v) is 4.35. The molecule has 0 aliphatic carbocycles. The number of hydrogen-bond donors (Lipinski definition) is 2. The normalized spacial score (nSPS) is 11.8. The predicted octanol–water partition coefficient (Wildman–Crippen LogP) is 0.614. The Labute approximate surface area is 91.5 Å². The Balaban J connectivity index is 2.17. The van der Waals surface area contributed by atoms with Crippen molar-refractivity contribution in [3.05, 3.63) is 18.2 Å². The third-order valence-electron chi connectivity index (χ3n) is 1.61. The Morgan fingerprint density at radius 1 is 1.57 bits per heavy atom. The monoisotopic (exact) mass is 281 g/mol. The van der Waals surface area contributed by atoms with Crippen molar-refractivity contribution in [2.75, 3.05) is 11.2 Å². The van der Waals surface area contributed by atoms with E-state index in [-0.39, 0.29) is 4.66 Å². The minimum atomic E-state index is -3.12. The van der Waals surface area contributed by atoms with Crippen molar-refractivity contribution >= 4 is 26.0 Å². The lowest BCUT2D eigenvalue weighted by atomic mass is 10.3. The van der Waals surface area contributed by atoms with Crippen LogP contribution in [0.25, 0.3) is 0 Å². The van der Waals surface area contributed by atoms with Gasteiger partial charge in [-0.3, -0.25) is 0 Å². The number of hydrogen-bond acceptors (Lipinski definition) is 3. The second-order valence-corrected chi connectivity index (χ2v) is 5.87. The predicted molar refractivity (Wildman–Crippen MR) is 57.6 cm³/mol. The summed E-state index contributed by atoms with van der Waals surface area (Å²) in [5.74, 6) is 0.878. The zero-order valence-corrected chi connectivity index (χ0v) is 9.94. The van der Waals surface area contributed by atoms with E-state index in [1.54, 1.807) is 12.4 Å². The summed E-state index contributed by atoms with van der Waals surface area (Å²) in [6.45, 7) is 0.439. The lowest BCUT2D eigenvalue weighted by molar-refractivity contribution is 0.583. The van der Waals surface area contributed by atoms with Crippen molar-refractivity contribution < 1.29 is 8.42 Å². The molecule has 0 amide bonds. The molecule has 0 aliphatic rings. The number of H-pyrrole nitrogens is 1. The van der Waals surface area contributed by atoms with Gasteiger partial charge in [0.1, 0.15) is 10.5 Å². The number of imidazole rings is 1. The third kappa shape index (κ3) is 4.21. The molecule has 1 rings (SSSR count). The molecule has 1 aromatic heterocycles. The summed E-state index contributed by atoms with van der Waals surface area (Å²) in [5, 5.41) is 0. The number of aryl methyl sites for hydroxylation is 1. The number of aromatic nitrogens is 2. The number of nitrogens with zero attached hydrogens (tertiary/aromatic N) is 1. The second-order valence-electron chi connectivity index (χ2n) is 2.76. The first-order valence-corrected chi connectivity index (χ1v) is 6.93. The minimum absolute atomic E-state index is 0.0548. The van der Waals surface area contributed by atoms with Gasteiger partial charge in [-0.1, -0.05) is 15.9 Å². The van der Waals surface area contributed by atoms with E-state index in [0.717, 1.165) is 18.7 Å². The van der Waals surface area contributed by atoms with Crippen LogP contribution < -0.4 is 4.72 Å². The first-order valence-electron chi connectivity index (χ1n) is 4.15. The van der Waals surface area contributed by atoms with Gasteiger partial charge in [-0.05, 0) is 6.42 Å².